The van der Waals surface area contributed by atoms with Crippen LogP contribution in [0.5, 0.6) is 0 Å². The summed E-state index contributed by atoms with van der Waals surface area (Å²) in [5.41, 5.74) is 0.189. The Kier molecular flexibility index (Phi) is 4.81. The monoisotopic (exact) mass is 307 g/mol. The lowest BCUT2D eigenvalue weighted by Gasteiger charge is -2.49. The summed E-state index contributed by atoms with van der Waals surface area (Å²) in [6, 6.07) is 1.76. The predicted molar refractivity (Wildman–Crippen MR) is 80.4 cm³/mol. The molecule has 1 aromatic rings. The number of hydrogen-bond acceptors (Lipinski definition) is 5. The van der Waals surface area contributed by atoms with Gasteiger partial charge in [0.1, 0.15) is 17.9 Å². The third-order valence-electron chi connectivity index (χ3n) is 5.07. The molecule has 3 heterocycles. The summed E-state index contributed by atoms with van der Waals surface area (Å²) in [5, 5.41) is 4.01. The van der Waals surface area contributed by atoms with Gasteiger partial charge in [0.05, 0.1) is 18.8 Å². The molecular weight excluding hydrogens is 282 g/mol. The van der Waals surface area contributed by atoms with Gasteiger partial charge < -0.3 is 14.0 Å². The number of hydrogen-bond donors (Lipinski definition) is 0. The first-order valence-electron chi connectivity index (χ1n) is 8.46. The van der Waals surface area contributed by atoms with Gasteiger partial charge in [0, 0.05) is 6.07 Å². The molecule has 1 saturated carbocycles. The average molecular weight is 307 g/mol. The standard InChI is InChI=1S/C17H25NO4/c1-2-3-4-10-20-16(19)15(14-7-11-22-18-14)17-8-5-13(6-9-17)12-21-17/h7,11,13,15H,2-6,8-10,12H2,1H3. The predicted octanol–water partition coefficient (Wildman–Crippen LogP) is 3.45. The van der Waals surface area contributed by atoms with Gasteiger partial charge in [0.2, 0.25) is 0 Å². The van der Waals surface area contributed by atoms with Crippen molar-refractivity contribution in [3.05, 3.63) is 18.0 Å². The highest BCUT2D eigenvalue weighted by molar-refractivity contribution is 5.79. The van der Waals surface area contributed by atoms with Gasteiger partial charge in [-0.2, -0.15) is 0 Å². The summed E-state index contributed by atoms with van der Waals surface area (Å²) >= 11 is 0. The van der Waals surface area contributed by atoms with Crippen molar-refractivity contribution in [2.75, 3.05) is 13.2 Å². The number of rotatable bonds is 7. The molecule has 0 aromatic carbocycles. The van der Waals surface area contributed by atoms with E-state index in [0.717, 1.165) is 51.6 Å². The van der Waals surface area contributed by atoms with E-state index in [-0.39, 0.29) is 5.97 Å². The Morgan fingerprint density at radius 1 is 1.45 bits per heavy atom. The SMILES string of the molecule is CCCCCOC(=O)C(c1ccon1)C12CCC(CC1)CO2. The Morgan fingerprint density at radius 3 is 2.86 bits per heavy atom. The van der Waals surface area contributed by atoms with E-state index in [4.69, 9.17) is 14.0 Å². The van der Waals surface area contributed by atoms with Crippen LogP contribution in [0, 0.1) is 5.92 Å². The summed E-state index contributed by atoms with van der Waals surface area (Å²) in [6.07, 6.45) is 8.65. The van der Waals surface area contributed by atoms with Gasteiger partial charge in [-0.15, -0.1) is 0 Å². The largest absolute Gasteiger partial charge is 0.465 e. The molecule has 122 valence electrons. The van der Waals surface area contributed by atoms with Crippen molar-refractivity contribution in [3.63, 3.8) is 0 Å². The van der Waals surface area contributed by atoms with E-state index in [1.54, 1.807) is 6.07 Å². The number of nitrogens with zero attached hydrogens (tertiary/aromatic N) is 1. The zero-order valence-corrected chi connectivity index (χ0v) is 13.3. The first-order valence-corrected chi connectivity index (χ1v) is 8.46. The van der Waals surface area contributed by atoms with Crippen molar-refractivity contribution < 1.29 is 18.8 Å². The van der Waals surface area contributed by atoms with Crippen LogP contribution in [0.15, 0.2) is 16.9 Å². The van der Waals surface area contributed by atoms with Gasteiger partial charge in [-0.25, -0.2) is 0 Å². The van der Waals surface area contributed by atoms with E-state index < -0.39 is 11.5 Å². The van der Waals surface area contributed by atoms with Crippen LogP contribution in [-0.2, 0) is 14.3 Å². The number of ether oxygens (including phenoxy) is 2. The summed E-state index contributed by atoms with van der Waals surface area (Å²) in [5.74, 6) is -0.0279. The summed E-state index contributed by atoms with van der Waals surface area (Å²) in [4.78, 5) is 12.7. The van der Waals surface area contributed by atoms with Crippen molar-refractivity contribution in [2.24, 2.45) is 5.92 Å². The van der Waals surface area contributed by atoms with Gasteiger partial charge in [0.25, 0.3) is 0 Å². The molecule has 22 heavy (non-hydrogen) atoms. The molecule has 3 fully saturated rings. The molecule has 2 saturated heterocycles. The van der Waals surface area contributed by atoms with Crippen molar-refractivity contribution in [3.8, 4) is 0 Å². The molecule has 0 N–H and O–H groups in total. The van der Waals surface area contributed by atoms with Crippen molar-refractivity contribution >= 4 is 5.97 Å². The molecule has 3 aliphatic rings. The fourth-order valence-corrected chi connectivity index (χ4v) is 3.72. The second kappa shape index (κ2) is 6.82. The van der Waals surface area contributed by atoms with Crippen LogP contribution in [0.4, 0.5) is 0 Å². The van der Waals surface area contributed by atoms with E-state index in [1.165, 1.54) is 6.26 Å². The molecule has 0 radical (unpaired) electrons. The lowest BCUT2D eigenvalue weighted by Crippen LogP contribution is -2.51. The highest BCUT2D eigenvalue weighted by atomic mass is 16.5. The lowest BCUT2D eigenvalue weighted by atomic mass is 9.68. The highest BCUT2D eigenvalue weighted by Gasteiger charge is 2.52. The average Bonchev–Trinajstić information content (AvgIpc) is 3.07. The van der Waals surface area contributed by atoms with Gasteiger partial charge in [-0.05, 0) is 38.0 Å². The van der Waals surface area contributed by atoms with E-state index in [1.807, 2.05) is 0 Å². The number of unbranched alkanes of at least 4 members (excludes halogenated alkanes) is 2. The third-order valence-corrected chi connectivity index (χ3v) is 5.07. The maximum absolute atomic E-state index is 12.7. The highest BCUT2D eigenvalue weighted by Crippen LogP contribution is 2.49. The third kappa shape index (κ3) is 3.05. The number of fused-ring (bicyclic) bond motifs is 3. The van der Waals surface area contributed by atoms with Gasteiger partial charge in [-0.3, -0.25) is 4.79 Å². The van der Waals surface area contributed by atoms with Crippen LogP contribution in [0.3, 0.4) is 0 Å². The Labute approximate surface area is 131 Å². The van der Waals surface area contributed by atoms with Crippen molar-refractivity contribution in [1.82, 2.24) is 5.16 Å². The second-order valence-corrected chi connectivity index (χ2v) is 6.55. The zero-order valence-electron chi connectivity index (χ0n) is 13.3. The topological polar surface area (TPSA) is 61.6 Å². The smallest absolute Gasteiger partial charge is 0.318 e. The molecule has 2 bridgehead atoms. The van der Waals surface area contributed by atoms with Crippen LogP contribution in [0.2, 0.25) is 0 Å². The number of esters is 1. The Balaban J connectivity index is 1.74. The molecule has 4 rings (SSSR count). The maximum Gasteiger partial charge on any atom is 0.318 e. The van der Waals surface area contributed by atoms with Crippen molar-refractivity contribution in [1.29, 1.82) is 0 Å². The number of aromatic nitrogens is 1. The van der Waals surface area contributed by atoms with Gasteiger partial charge in [-0.1, -0.05) is 24.9 Å². The van der Waals surface area contributed by atoms with Crippen LogP contribution in [0.25, 0.3) is 0 Å². The molecule has 1 atom stereocenters. The van der Waals surface area contributed by atoms with Crippen molar-refractivity contribution in [2.45, 2.75) is 63.4 Å². The van der Waals surface area contributed by atoms with E-state index in [2.05, 4.69) is 12.1 Å². The molecule has 0 amide bonds. The van der Waals surface area contributed by atoms with E-state index in [0.29, 0.717) is 18.2 Å². The first-order chi connectivity index (χ1) is 10.7. The molecule has 5 nitrogen and oxygen atoms in total. The number of carbonyl (C=O) groups excluding carboxylic acids is 1. The fraction of sp³-hybridized carbons (Fsp3) is 0.765. The minimum atomic E-state index is -0.464. The maximum atomic E-state index is 12.7. The normalized spacial score (nSPS) is 28.5. The Hall–Kier alpha value is -1.36. The van der Waals surface area contributed by atoms with Crippen LogP contribution >= 0.6 is 0 Å². The Bertz CT molecular complexity index is 463. The molecule has 5 heteroatoms. The minimum absolute atomic E-state index is 0.217. The summed E-state index contributed by atoms with van der Waals surface area (Å²) in [7, 11) is 0. The minimum Gasteiger partial charge on any atom is -0.465 e. The van der Waals surface area contributed by atoms with E-state index in [9.17, 15) is 4.79 Å². The molecular formula is C17H25NO4. The van der Waals surface area contributed by atoms with Crippen LogP contribution in [0.1, 0.15) is 63.5 Å². The zero-order chi connectivity index (χ0) is 15.4. The molecule has 1 aromatic heterocycles. The quantitative estimate of drug-likeness (QED) is 0.570. The van der Waals surface area contributed by atoms with Crippen LogP contribution < -0.4 is 0 Å². The molecule has 1 aliphatic carbocycles. The summed E-state index contributed by atoms with van der Waals surface area (Å²) in [6.45, 7) is 3.35. The molecule has 1 unspecified atom stereocenters. The van der Waals surface area contributed by atoms with Gasteiger partial charge in [0.15, 0.2) is 0 Å². The number of carbonyl (C=O) groups is 1. The first kappa shape index (κ1) is 15.5. The fourth-order valence-electron chi connectivity index (χ4n) is 3.72. The Morgan fingerprint density at radius 2 is 2.27 bits per heavy atom. The van der Waals surface area contributed by atoms with E-state index >= 15 is 0 Å². The molecule has 0 spiro atoms. The van der Waals surface area contributed by atoms with Gasteiger partial charge >= 0.3 is 5.97 Å². The molecule has 2 aliphatic heterocycles. The van der Waals surface area contributed by atoms with Crippen LogP contribution in [-0.4, -0.2) is 29.9 Å². The summed E-state index contributed by atoms with van der Waals surface area (Å²) < 4.78 is 16.6. The second-order valence-electron chi connectivity index (χ2n) is 6.55. The lowest BCUT2D eigenvalue weighted by molar-refractivity contribution is -0.181.